The molecule has 0 saturated heterocycles. The highest BCUT2D eigenvalue weighted by Gasteiger charge is 2.32. The fourth-order valence-corrected chi connectivity index (χ4v) is 2.30. The van der Waals surface area contributed by atoms with E-state index in [2.05, 4.69) is 10.4 Å². The molecule has 0 fully saturated rings. The molecule has 0 spiro atoms. The number of amides is 2. The van der Waals surface area contributed by atoms with Crippen LogP contribution in [0.5, 0.6) is 0 Å². The van der Waals surface area contributed by atoms with Crippen molar-refractivity contribution in [2.24, 2.45) is 18.2 Å². The van der Waals surface area contributed by atoms with Crippen molar-refractivity contribution in [2.75, 3.05) is 0 Å². The third-order valence-corrected chi connectivity index (χ3v) is 3.40. The van der Waals surface area contributed by atoms with Crippen molar-refractivity contribution in [3.8, 4) is 0 Å². The smallest absolute Gasteiger partial charge is 0.273 e. The van der Waals surface area contributed by atoms with Crippen LogP contribution in [-0.4, -0.2) is 27.6 Å². The number of nitrogens with zero attached hydrogens (tertiary/aromatic N) is 2. The largest absolute Gasteiger partial charge is 0.368 e. The van der Waals surface area contributed by atoms with Crippen LogP contribution in [0.3, 0.4) is 0 Å². The van der Waals surface area contributed by atoms with Crippen LogP contribution < -0.4 is 11.1 Å². The molecule has 21 heavy (non-hydrogen) atoms. The minimum atomic E-state index is -0.759. The van der Waals surface area contributed by atoms with Gasteiger partial charge in [-0.1, -0.05) is 39.0 Å². The van der Waals surface area contributed by atoms with Crippen molar-refractivity contribution < 1.29 is 9.59 Å². The lowest BCUT2D eigenvalue weighted by molar-refractivity contribution is -0.122. The van der Waals surface area contributed by atoms with Gasteiger partial charge in [0.1, 0.15) is 6.04 Å². The lowest BCUT2D eigenvalue weighted by atomic mass is 9.86. The molecule has 2 rings (SSSR count). The minimum Gasteiger partial charge on any atom is -0.368 e. The van der Waals surface area contributed by atoms with Crippen molar-refractivity contribution >= 4 is 22.7 Å². The molecule has 1 unspecified atom stereocenters. The van der Waals surface area contributed by atoms with Crippen LogP contribution in [0, 0.1) is 5.41 Å². The molecule has 112 valence electrons. The normalized spacial score (nSPS) is 13.1. The molecule has 2 amide bonds. The van der Waals surface area contributed by atoms with Crippen molar-refractivity contribution in [3.63, 3.8) is 0 Å². The molecule has 0 aliphatic carbocycles. The van der Waals surface area contributed by atoms with E-state index in [4.69, 9.17) is 5.73 Å². The molecule has 0 aliphatic heterocycles. The van der Waals surface area contributed by atoms with Gasteiger partial charge in [-0.2, -0.15) is 5.10 Å². The van der Waals surface area contributed by atoms with Gasteiger partial charge in [-0.3, -0.25) is 14.3 Å². The maximum atomic E-state index is 12.4. The zero-order valence-corrected chi connectivity index (χ0v) is 12.7. The van der Waals surface area contributed by atoms with Gasteiger partial charge < -0.3 is 11.1 Å². The van der Waals surface area contributed by atoms with E-state index < -0.39 is 23.3 Å². The number of hydrogen-bond acceptors (Lipinski definition) is 3. The van der Waals surface area contributed by atoms with Crippen molar-refractivity contribution in [1.29, 1.82) is 0 Å². The first-order valence-corrected chi connectivity index (χ1v) is 6.73. The van der Waals surface area contributed by atoms with Gasteiger partial charge in [0.15, 0.2) is 5.69 Å². The van der Waals surface area contributed by atoms with E-state index in [0.717, 1.165) is 10.9 Å². The summed E-state index contributed by atoms with van der Waals surface area (Å²) in [5.74, 6) is -0.957. The second-order valence-electron chi connectivity index (χ2n) is 6.16. The number of carbonyl (C=O) groups excluding carboxylic acids is 2. The highest BCUT2D eigenvalue weighted by atomic mass is 16.2. The first-order chi connectivity index (χ1) is 9.71. The second-order valence-corrected chi connectivity index (χ2v) is 6.16. The Hall–Kier alpha value is -2.37. The molecular weight excluding hydrogens is 268 g/mol. The first-order valence-electron chi connectivity index (χ1n) is 6.73. The van der Waals surface area contributed by atoms with Gasteiger partial charge in [0, 0.05) is 12.4 Å². The van der Waals surface area contributed by atoms with E-state index in [0.29, 0.717) is 5.69 Å². The summed E-state index contributed by atoms with van der Waals surface area (Å²) in [6.07, 6.45) is 0. The zero-order valence-electron chi connectivity index (χ0n) is 12.7. The van der Waals surface area contributed by atoms with Gasteiger partial charge >= 0.3 is 0 Å². The highest BCUT2D eigenvalue weighted by Crippen LogP contribution is 2.21. The van der Waals surface area contributed by atoms with Crippen LogP contribution >= 0.6 is 0 Å². The maximum Gasteiger partial charge on any atom is 0.273 e. The number of rotatable bonds is 3. The number of primary amides is 1. The summed E-state index contributed by atoms with van der Waals surface area (Å²) >= 11 is 0. The molecule has 1 aromatic carbocycles. The summed E-state index contributed by atoms with van der Waals surface area (Å²) in [4.78, 5) is 24.0. The number of aromatic nitrogens is 2. The van der Waals surface area contributed by atoms with Gasteiger partial charge in [-0.25, -0.2) is 0 Å². The van der Waals surface area contributed by atoms with Crippen molar-refractivity contribution in [3.05, 3.63) is 30.0 Å². The van der Waals surface area contributed by atoms with Crippen LogP contribution in [-0.2, 0) is 11.8 Å². The topological polar surface area (TPSA) is 90.0 Å². The number of para-hydroxylation sites is 1. The molecule has 1 heterocycles. The summed E-state index contributed by atoms with van der Waals surface area (Å²) in [7, 11) is 1.77. The summed E-state index contributed by atoms with van der Waals surface area (Å²) in [6, 6.07) is 6.68. The van der Waals surface area contributed by atoms with Crippen LogP contribution in [0.15, 0.2) is 24.3 Å². The van der Waals surface area contributed by atoms with Gasteiger partial charge in [0.05, 0.1) is 5.52 Å². The number of aryl methyl sites for hydroxylation is 1. The lowest BCUT2D eigenvalue weighted by Crippen LogP contribution is -2.52. The molecule has 1 aromatic heterocycles. The Morgan fingerprint density at radius 3 is 2.48 bits per heavy atom. The summed E-state index contributed by atoms with van der Waals surface area (Å²) in [6.45, 7) is 5.54. The number of nitrogens with one attached hydrogen (secondary N) is 1. The predicted octanol–water partition coefficient (Wildman–Crippen LogP) is 1.20. The summed E-state index contributed by atoms with van der Waals surface area (Å²) in [5, 5.41) is 7.67. The van der Waals surface area contributed by atoms with Gasteiger partial charge in [-0.05, 0) is 11.5 Å². The van der Waals surface area contributed by atoms with Crippen molar-refractivity contribution in [1.82, 2.24) is 15.1 Å². The molecule has 2 aromatic rings. The molecular formula is C15H20N4O2. The molecule has 0 saturated carbocycles. The third-order valence-electron chi connectivity index (χ3n) is 3.40. The Morgan fingerprint density at radius 1 is 1.29 bits per heavy atom. The third kappa shape index (κ3) is 2.89. The fraction of sp³-hybridized carbons (Fsp3) is 0.400. The number of carbonyl (C=O) groups is 2. The number of fused-ring (bicyclic) bond motifs is 1. The Kier molecular flexibility index (Phi) is 3.72. The average Bonchev–Trinajstić information content (AvgIpc) is 2.72. The zero-order chi connectivity index (χ0) is 15.8. The average molecular weight is 288 g/mol. The number of hydrogen-bond donors (Lipinski definition) is 2. The SMILES string of the molecule is Cn1nc(C(=O)NC(C(N)=O)C(C)(C)C)c2ccccc21. The van der Waals surface area contributed by atoms with E-state index in [1.54, 1.807) is 11.7 Å². The Labute approximate surface area is 123 Å². The fourth-order valence-electron chi connectivity index (χ4n) is 2.30. The van der Waals surface area contributed by atoms with E-state index >= 15 is 0 Å². The Morgan fingerprint density at radius 2 is 1.90 bits per heavy atom. The van der Waals surface area contributed by atoms with Gasteiger partial charge in [-0.15, -0.1) is 0 Å². The van der Waals surface area contributed by atoms with Gasteiger partial charge in [0.2, 0.25) is 5.91 Å². The van der Waals surface area contributed by atoms with Crippen LogP contribution in [0.4, 0.5) is 0 Å². The predicted molar refractivity (Wildman–Crippen MR) is 80.6 cm³/mol. The maximum absolute atomic E-state index is 12.4. The van der Waals surface area contributed by atoms with E-state index in [9.17, 15) is 9.59 Å². The molecule has 0 radical (unpaired) electrons. The number of nitrogens with two attached hydrogens (primary N) is 1. The molecule has 3 N–H and O–H groups in total. The lowest BCUT2D eigenvalue weighted by Gasteiger charge is -2.28. The monoisotopic (exact) mass is 288 g/mol. The highest BCUT2D eigenvalue weighted by molar-refractivity contribution is 6.06. The van der Waals surface area contributed by atoms with E-state index in [-0.39, 0.29) is 0 Å². The Bertz CT molecular complexity index is 697. The molecule has 1 atom stereocenters. The molecule has 0 bridgehead atoms. The van der Waals surface area contributed by atoms with Crippen LogP contribution in [0.2, 0.25) is 0 Å². The van der Waals surface area contributed by atoms with Crippen LogP contribution in [0.1, 0.15) is 31.3 Å². The van der Waals surface area contributed by atoms with Gasteiger partial charge in [0.25, 0.3) is 5.91 Å². The van der Waals surface area contributed by atoms with E-state index in [1.807, 2.05) is 45.0 Å². The Balaban J connectivity index is 2.37. The van der Waals surface area contributed by atoms with E-state index in [1.165, 1.54) is 0 Å². The first kappa shape index (κ1) is 15.0. The quantitative estimate of drug-likeness (QED) is 0.889. The standard InChI is InChI=1S/C15H20N4O2/c1-15(2,3)12(13(16)20)17-14(21)11-9-7-5-6-8-10(9)19(4)18-11/h5-8,12H,1-4H3,(H2,16,20)(H,17,21). The molecule has 0 aliphatic rings. The van der Waals surface area contributed by atoms with Crippen molar-refractivity contribution in [2.45, 2.75) is 26.8 Å². The minimum absolute atomic E-state index is 0.295. The number of benzene rings is 1. The summed E-state index contributed by atoms with van der Waals surface area (Å²) < 4.78 is 1.64. The molecule has 6 nitrogen and oxygen atoms in total. The molecule has 6 heteroatoms. The summed E-state index contributed by atoms with van der Waals surface area (Å²) in [5.41, 5.74) is 6.07. The second kappa shape index (κ2) is 5.20. The van der Waals surface area contributed by atoms with Crippen LogP contribution in [0.25, 0.3) is 10.9 Å².